The predicted molar refractivity (Wildman–Crippen MR) is 218 cm³/mol. The highest BCUT2D eigenvalue weighted by Crippen LogP contribution is 2.18. The zero-order chi connectivity index (χ0) is 43.5. The topological polar surface area (TPSA) is 278 Å². The normalized spacial score (nSPS) is 12.7. The summed E-state index contributed by atoms with van der Waals surface area (Å²) in [5, 5.41) is 12.7. The Labute approximate surface area is 345 Å². The number of rotatable bonds is 31. The van der Waals surface area contributed by atoms with Crippen LogP contribution in [0.1, 0.15) is 63.4 Å². The molecule has 0 bridgehead atoms. The van der Waals surface area contributed by atoms with Gasteiger partial charge in [-0.25, -0.2) is 0 Å². The second kappa shape index (κ2) is 29.9. The van der Waals surface area contributed by atoms with E-state index in [1.54, 1.807) is 13.8 Å². The first-order valence-corrected chi connectivity index (χ1v) is 19.9. The van der Waals surface area contributed by atoms with Gasteiger partial charge in [0.05, 0.1) is 65.3 Å². The molecular weight excluding hydrogens is 779 g/mol. The maximum atomic E-state index is 13.0. The summed E-state index contributed by atoms with van der Waals surface area (Å²) in [6.45, 7) is 10.7. The lowest BCUT2D eigenvalue weighted by atomic mass is 10.1. The fourth-order valence-electron chi connectivity index (χ4n) is 4.61. The minimum absolute atomic E-state index is 0.000585. The van der Waals surface area contributed by atoms with Crippen molar-refractivity contribution in [2.45, 2.75) is 72.2 Å². The fraction of sp³-hybridized carbons (Fsp3) is 0.658. The van der Waals surface area contributed by atoms with Crippen LogP contribution in [0.3, 0.4) is 0 Å². The summed E-state index contributed by atoms with van der Waals surface area (Å²) in [6, 6.07) is 1.19. The number of ketones is 1. The van der Waals surface area contributed by atoms with Crippen LogP contribution in [0.4, 0.5) is 5.69 Å². The van der Waals surface area contributed by atoms with Crippen LogP contribution in [0.25, 0.3) is 0 Å². The highest BCUT2D eigenvalue weighted by molar-refractivity contribution is 7.80. The van der Waals surface area contributed by atoms with Crippen LogP contribution >= 0.6 is 12.6 Å². The van der Waals surface area contributed by atoms with Gasteiger partial charge in [-0.3, -0.25) is 33.6 Å². The van der Waals surface area contributed by atoms with Gasteiger partial charge in [0.1, 0.15) is 24.5 Å². The number of thiol groups is 1. The number of amides is 5. The van der Waals surface area contributed by atoms with E-state index in [9.17, 15) is 33.6 Å². The molecular formula is C38H63N7O12S. The van der Waals surface area contributed by atoms with Gasteiger partial charge in [-0.2, -0.15) is 12.6 Å². The Kier molecular flexibility index (Phi) is 26.8. The van der Waals surface area contributed by atoms with E-state index < -0.39 is 60.2 Å². The van der Waals surface area contributed by atoms with Crippen molar-refractivity contribution in [2.24, 2.45) is 23.3 Å². The van der Waals surface area contributed by atoms with Gasteiger partial charge in [-0.1, -0.05) is 33.8 Å². The standard InChI is InChI=1S/C38H63N7O12S/c1-24(2)31(46)8-12-53-14-16-55-18-19-56-17-15-54-13-9-32(47)44-30(23-58)36(50)45-34(26(5)40)37(51)42-21-33(48)43-28-7-6-27(22-57-38(52)25(3)4)29(20-28)35(49)41-11-10-39/h6-7,20,24-26,30,34,58H,8-19,21-23,39-40H2,1-5H3,(H,41,49)(H,42,51)(H,43,48)(H,44,47)(H,45,50). The van der Waals surface area contributed by atoms with Crippen molar-refractivity contribution in [3.63, 3.8) is 0 Å². The van der Waals surface area contributed by atoms with E-state index in [4.69, 9.17) is 35.2 Å². The van der Waals surface area contributed by atoms with Crippen LogP contribution in [0, 0.1) is 11.8 Å². The highest BCUT2D eigenvalue weighted by atomic mass is 32.1. The molecule has 0 aliphatic carbocycles. The molecule has 58 heavy (non-hydrogen) atoms. The fourth-order valence-corrected chi connectivity index (χ4v) is 4.87. The summed E-state index contributed by atoms with van der Waals surface area (Å²) in [4.78, 5) is 87.6. The second-order valence-corrected chi connectivity index (χ2v) is 14.0. The molecule has 20 heteroatoms. The van der Waals surface area contributed by atoms with Crippen molar-refractivity contribution >= 4 is 59.6 Å². The molecule has 0 heterocycles. The van der Waals surface area contributed by atoms with Gasteiger partial charge in [0, 0.05) is 60.5 Å². The van der Waals surface area contributed by atoms with Crippen molar-refractivity contribution in [1.82, 2.24) is 21.3 Å². The number of nitrogens with two attached hydrogens (primary N) is 2. The Hall–Kier alpha value is -4.18. The lowest BCUT2D eigenvalue weighted by molar-refractivity contribution is -0.148. The largest absolute Gasteiger partial charge is 0.461 e. The minimum Gasteiger partial charge on any atom is -0.461 e. The number of ether oxygens (including phenoxy) is 5. The van der Waals surface area contributed by atoms with Crippen LogP contribution < -0.4 is 38.1 Å². The van der Waals surface area contributed by atoms with Crippen molar-refractivity contribution in [1.29, 1.82) is 0 Å². The first kappa shape index (κ1) is 51.8. The maximum absolute atomic E-state index is 13.0. The van der Waals surface area contributed by atoms with Gasteiger partial charge in [0.2, 0.25) is 23.6 Å². The molecule has 19 nitrogen and oxygen atoms in total. The zero-order valence-corrected chi connectivity index (χ0v) is 35.1. The molecule has 3 unspecified atom stereocenters. The van der Waals surface area contributed by atoms with Gasteiger partial charge in [-0.05, 0) is 19.1 Å². The summed E-state index contributed by atoms with van der Waals surface area (Å²) in [7, 11) is 0. The number of anilines is 1. The van der Waals surface area contributed by atoms with Crippen LogP contribution in [-0.2, 0) is 59.1 Å². The maximum Gasteiger partial charge on any atom is 0.308 e. The molecule has 328 valence electrons. The van der Waals surface area contributed by atoms with Crippen molar-refractivity contribution in [3.8, 4) is 0 Å². The molecule has 3 atom stereocenters. The smallest absolute Gasteiger partial charge is 0.308 e. The first-order chi connectivity index (χ1) is 27.6. The molecule has 0 saturated heterocycles. The summed E-state index contributed by atoms with van der Waals surface area (Å²) in [5.74, 6) is -3.82. The average molecular weight is 842 g/mol. The Morgan fingerprint density at radius 3 is 1.84 bits per heavy atom. The number of Topliss-reactive ketones (excluding diaryl/α,β-unsaturated/α-hetero) is 1. The molecule has 9 N–H and O–H groups in total. The van der Waals surface area contributed by atoms with Crippen LogP contribution in [0.2, 0.25) is 0 Å². The summed E-state index contributed by atoms with van der Waals surface area (Å²) in [5.41, 5.74) is 12.3. The summed E-state index contributed by atoms with van der Waals surface area (Å²) >= 11 is 4.16. The predicted octanol–water partition coefficient (Wildman–Crippen LogP) is -0.553. The Bertz CT molecular complexity index is 1460. The molecule has 0 fully saturated rings. The number of hydrogen-bond donors (Lipinski definition) is 8. The third-order valence-corrected chi connectivity index (χ3v) is 8.36. The number of carbonyl (C=O) groups is 7. The zero-order valence-electron chi connectivity index (χ0n) is 34.2. The number of benzene rings is 1. The van der Waals surface area contributed by atoms with Crippen molar-refractivity contribution in [2.75, 3.05) is 83.6 Å². The van der Waals surface area contributed by atoms with Crippen LogP contribution in [-0.4, -0.2) is 138 Å². The molecule has 0 aliphatic heterocycles. The van der Waals surface area contributed by atoms with Gasteiger partial charge in [0.25, 0.3) is 5.91 Å². The Balaban J connectivity index is 2.49. The quantitative estimate of drug-likeness (QED) is 0.0265. The number of esters is 1. The molecule has 0 radical (unpaired) electrons. The first-order valence-electron chi connectivity index (χ1n) is 19.3. The lowest BCUT2D eigenvalue weighted by Gasteiger charge is -2.24. The molecule has 5 amide bonds. The lowest BCUT2D eigenvalue weighted by Crippen LogP contribution is -2.59. The molecule has 1 rings (SSSR count). The Morgan fingerprint density at radius 2 is 1.31 bits per heavy atom. The van der Waals surface area contributed by atoms with Gasteiger partial charge in [0.15, 0.2) is 0 Å². The van der Waals surface area contributed by atoms with E-state index in [1.165, 1.54) is 25.1 Å². The number of hydrogen-bond acceptors (Lipinski definition) is 15. The average Bonchev–Trinajstić information content (AvgIpc) is 3.18. The summed E-state index contributed by atoms with van der Waals surface area (Å²) < 4.78 is 26.9. The van der Waals surface area contributed by atoms with Gasteiger partial charge >= 0.3 is 5.97 Å². The van der Waals surface area contributed by atoms with E-state index in [0.717, 1.165) is 0 Å². The van der Waals surface area contributed by atoms with Crippen molar-refractivity contribution in [3.05, 3.63) is 29.3 Å². The molecule has 0 saturated carbocycles. The van der Waals surface area contributed by atoms with Gasteiger partial charge in [-0.15, -0.1) is 0 Å². The number of nitrogens with one attached hydrogen (secondary N) is 5. The van der Waals surface area contributed by atoms with E-state index in [-0.39, 0.29) is 80.6 Å². The molecule has 0 aromatic heterocycles. The number of carbonyl (C=O) groups excluding carboxylic acids is 7. The van der Waals surface area contributed by atoms with Crippen LogP contribution in [0.5, 0.6) is 0 Å². The van der Waals surface area contributed by atoms with E-state index in [1.807, 2.05) is 13.8 Å². The molecule has 0 spiro atoms. The van der Waals surface area contributed by atoms with Crippen molar-refractivity contribution < 1.29 is 57.2 Å². The van der Waals surface area contributed by atoms with E-state index in [2.05, 4.69) is 39.2 Å². The molecule has 0 aliphatic rings. The van der Waals surface area contributed by atoms with Crippen LogP contribution in [0.15, 0.2) is 18.2 Å². The highest BCUT2D eigenvalue weighted by Gasteiger charge is 2.29. The minimum atomic E-state index is -1.26. The van der Waals surface area contributed by atoms with E-state index >= 15 is 0 Å². The SMILES string of the molecule is CC(C)C(=O)CCOCCOCCOCCOCCC(=O)NC(CS)C(=O)NC(C(=O)NCC(=O)Nc1ccc(COC(=O)C(C)C)c(C(=O)NCCN)c1)C(C)N. The molecule has 1 aromatic carbocycles. The molecule has 1 aromatic rings. The third kappa shape index (κ3) is 22.1. The Morgan fingerprint density at radius 1 is 0.724 bits per heavy atom. The monoisotopic (exact) mass is 841 g/mol. The summed E-state index contributed by atoms with van der Waals surface area (Å²) in [6.07, 6.45) is 0.336. The van der Waals surface area contributed by atoms with E-state index in [0.29, 0.717) is 45.0 Å². The van der Waals surface area contributed by atoms with Gasteiger partial charge < -0.3 is 61.7 Å². The second-order valence-electron chi connectivity index (χ2n) is 13.7. The third-order valence-electron chi connectivity index (χ3n) is 8.00.